The number of Topliss-reactive ketones (excluding diaryl/α,β-unsaturated/α-hetero) is 1. The minimum absolute atomic E-state index is 0.00338. The highest BCUT2D eigenvalue weighted by Crippen LogP contribution is 2.30. The standard InChI is InChI=1S/C12H13NO3S/c1-8-5-9(7-10(6-8)13(15)16)12(14)11-3-2-4-17-11/h5-7,11H,2-4H2,1H3. The molecule has 0 radical (unpaired) electrons. The number of rotatable bonds is 3. The van der Waals surface area contributed by atoms with Gasteiger partial charge in [-0.2, -0.15) is 11.8 Å². The Labute approximate surface area is 104 Å². The monoisotopic (exact) mass is 251 g/mol. The van der Waals surface area contributed by atoms with Gasteiger partial charge in [0.15, 0.2) is 5.78 Å². The van der Waals surface area contributed by atoms with Crippen LogP contribution in [0.15, 0.2) is 18.2 Å². The second kappa shape index (κ2) is 4.87. The van der Waals surface area contributed by atoms with Gasteiger partial charge in [-0.25, -0.2) is 0 Å². The van der Waals surface area contributed by atoms with E-state index < -0.39 is 4.92 Å². The molecule has 4 nitrogen and oxygen atoms in total. The third-order valence-corrected chi connectivity index (χ3v) is 4.16. The van der Waals surface area contributed by atoms with Crippen molar-refractivity contribution in [3.63, 3.8) is 0 Å². The molecule has 2 rings (SSSR count). The van der Waals surface area contributed by atoms with Crippen LogP contribution in [0.25, 0.3) is 0 Å². The number of non-ortho nitro benzene ring substituents is 1. The fourth-order valence-corrected chi connectivity index (χ4v) is 3.22. The molecule has 1 fully saturated rings. The van der Waals surface area contributed by atoms with E-state index >= 15 is 0 Å². The average molecular weight is 251 g/mol. The van der Waals surface area contributed by atoms with Gasteiger partial charge in [-0.05, 0) is 37.1 Å². The molecule has 17 heavy (non-hydrogen) atoms. The Morgan fingerprint density at radius 2 is 2.24 bits per heavy atom. The number of nitro benzene ring substituents is 1. The number of carbonyl (C=O) groups is 1. The minimum atomic E-state index is -0.453. The lowest BCUT2D eigenvalue weighted by molar-refractivity contribution is -0.384. The molecule has 1 aliphatic rings. The summed E-state index contributed by atoms with van der Waals surface area (Å²) in [6, 6.07) is 4.60. The maximum atomic E-state index is 12.1. The van der Waals surface area contributed by atoms with Crippen molar-refractivity contribution < 1.29 is 9.72 Å². The number of aryl methyl sites for hydroxylation is 1. The second-order valence-corrected chi connectivity index (χ2v) is 5.49. The lowest BCUT2D eigenvalue weighted by atomic mass is 10.0. The number of carbonyl (C=O) groups excluding carboxylic acids is 1. The number of ketones is 1. The van der Waals surface area contributed by atoms with Crippen molar-refractivity contribution in [3.8, 4) is 0 Å². The molecule has 1 unspecified atom stereocenters. The Balaban J connectivity index is 2.31. The molecule has 0 aromatic heterocycles. The summed E-state index contributed by atoms with van der Waals surface area (Å²) in [5.74, 6) is 1.03. The highest BCUT2D eigenvalue weighted by Gasteiger charge is 2.25. The molecule has 1 heterocycles. The molecule has 90 valence electrons. The van der Waals surface area contributed by atoms with Crippen molar-refractivity contribution in [2.45, 2.75) is 25.0 Å². The normalized spacial score (nSPS) is 19.2. The highest BCUT2D eigenvalue weighted by molar-refractivity contribution is 8.00. The topological polar surface area (TPSA) is 60.2 Å². The van der Waals surface area contributed by atoms with E-state index in [1.54, 1.807) is 24.8 Å². The van der Waals surface area contributed by atoms with Gasteiger partial charge in [0, 0.05) is 17.7 Å². The first-order valence-electron chi connectivity index (χ1n) is 5.50. The van der Waals surface area contributed by atoms with Crippen LogP contribution >= 0.6 is 11.8 Å². The van der Waals surface area contributed by atoms with Gasteiger partial charge < -0.3 is 0 Å². The third kappa shape index (κ3) is 2.66. The maximum absolute atomic E-state index is 12.1. The van der Waals surface area contributed by atoms with Crippen LogP contribution in [0.1, 0.15) is 28.8 Å². The van der Waals surface area contributed by atoms with Crippen molar-refractivity contribution in [1.82, 2.24) is 0 Å². The summed E-state index contributed by atoms with van der Waals surface area (Å²) in [5, 5.41) is 10.7. The number of benzene rings is 1. The number of thioether (sulfide) groups is 1. The van der Waals surface area contributed by atoms with Crippen molar-refractivity contribution >= 4 is 23.2 Å². The Kier molecular flexibility index (Phi) is 3.47. The van der Waals surface area contributed by atoms with Gasteiger partial charge in [0.2, 0.25) is 0 Å². The number of nitro groups is 1. The maximum Gasteiger partial charge on any atom is 0.270 e. The molecule has 1 aromatic rings. The summed E-state index contributed by atoms with van der Waals surface area (Å²) >= 11 is 1.65. The molecule has 1 aliphatic heterocycles. The summed E-state index contributed by atoms with van der Waals surface area (Å²) in [4.78, 5) is 22.4. The molecule has 1 aromatic carbocycles. The largest absolute Gasteiger partial charge is 0.293 e. The Morgan fingerprint density at radius 3 is 2.82 bits per heavy atom. The summed E-state index contributed by atoms with van der Waals surface area (Å²) in [7, 11) is 0. The average Bonchev–Trinajstić information content (AvgIpc) is 2.80. The summed E-state index contributed by atoms with van der Waals surface area (Å²) in [6.45, 7) is 1.77. The smallest absolute Gasteiger partial charge is 0.270 e. The van der Waals surface area contributed by atoms with E-state index in [4.69, 9.17) is 0 Å². The quantitative estimate of drug-likeness (QED) is 0.470. The highest BCUT2D eigenvalue weighted by atomic mass is 32.2. The van der Waals surface area contributed by atoms with E-state index in [0.717, 1.165) is 24.2 Å². The van der Waals surface area contributed by atoms with Crippen molar-refractivity contribution in [2.75, 3.05) is 5.75 Å². The zero-order valence-electron chi connectivity index (χ0n) is 9.51. The first kappa shape index (κ1) is 12.1. The van der Waals surface area contributed by atoms with Crippen molar-refractivity contribution in [1.29, 1.82) is 0 Å². The van der Waals surface area contributed by atoms with Gasteiger partial charge >= 0.3 is 0 Å². The fourth-order valence-electron chi connectivity index (χ4n) is 1.98. The van der Waals surface area contributed by atoms with Crippen LogP contribution in [0.4, 0.5) is 5.69 Å². The van der Waals surface area contributed by atoms with Crippen LogP contribution in [0, 0.1) is 17.0 Å². The van der Waals surface area contributed by atoms with Gasteiger partial charge in [-0.1, -0.05) is 0 Å². The third-order valence-electron chi connectivity index (χ3n) is 2.78. The Bertz CT molecular complexity index is 467. The predicted molar refractivity (Wildman–Crippen MR) is 67.6 cm³/mol. The molecule has 0 amide bonds. The van der Waals surface area contributed by atoms with E-state index in [2.05, 4.69) is 0 Å². The molecule has 0 aliphatic carbocycles. The van der Waals surface area contributed by atoms with E-state index in [-0.39, 0.29) is 16.7 Å². The molecule has 0 bridgehead atoms. The lowest BCUT2D eigenvalue weighted by Gasteiger charge is -2.07. The molecular weight excluding hydrogens is 238 g/mol. The second-order valence-electron chi connectivity index (χ2n) is 4.18. The molecule has 0 spiro atoms. The van der Waals surface area contributed by atoms with Crippen LogP contribution in [-0.4, -0.2) is 21.7 Å². The van der Waals surface area contributed by atoms with Crippen LogP contribution in [0.5, 0.6) is 0 Å². The number of hydrogen-bond acceptors (Lipinski definition) is 4. The van der Waals surface area contributed by atoms with Gasteiger partial charge in [-0.3, -0.25) is 14.9 Å². The molecule has 1 atom stereocenters. The van der Waals surface area contributed by atoms with E-state index in [1.807, 2.05) is 0 Å². The number of nitrogens with zero attached hydrogens (tertiary/aromatic N) is 1. The summed E-state index contributed by atoms with van der Waals surface area (Å²) in [5.41, 5.74) is 1.22. The molecule has 1 saturated heterocycles. The fraction of sp³-hybridized carbons (Fsp3) is 0.417. The Morgan fingerprint density at radius 1 is 1.47 bits per heavy atom. The van der Waals surface area contributed by atoms with E-state index in [0.29, 0.717) is 5.56 Å². The first-order valence-corrected chi connectivity index (χ1v) is 6.54. The minimum Gasteiger partial charge on any atom is -0.293 e. The van der Waals surface area contributed by atoms with Crippen molar-refractivity contribution in [2.24, 2.45) is 0 Å². The summed E-state index contributed by atoms with van der Waals surface area (Å²) < 4.78 is 0. The zero-order valence-corrected chi connectivity index (χ0v) is 10.3. The number of hydrogen-bond donors (Lipinski definition) is 0. The van der Waals surface area contributed by atoms with E-state index in [1.165, 1.54) is 12.1 Å². The molecule has 0 saturated carbocycles. The van der Waals surface area contributed by atoms with Crippen LogP contribution in [0.2, 0.25) is 0 Å². The lowest BCUT2D eigenvalue weighted by Crippen LogP contribution is -2.14. The van der Waals surface area contributed by atoms with Gasteiger partial charge in [0.1, 0.15) is 0 Å². The van der Waals surface area contributed by atoms with Crippen molar-refractivity contribution in [3.05, 3.63) is 39.4 Å². The van der Waals surface area contributed by atoms with Gasteiger partial charge in [-0.15, -0.1) is 0 Å². The van der Waals surface area contributed by atoms with Crippen LogP contribution in [0.3, 0.4) is 0 Å². The van der Waals surface area contributed by atoms with Gasteiger partial charge in [0.25, 0.3) is 5.69 Å². The van der Waals surface area contributed by atoms with Crippen LogP contribution in [-0.2, 0) is 0 Å². The SMILES string of the molecule is Cc1cc(C(=O)C2CCCS2)cc([N+](=O)[O-])c1. The Hall–Kier alpha value is -1.36. The molecule has 5 heteroatoms. The van der Waals surface area contributed by atoms with Gasteiger partial charge in [0.05, 0.1) is 10.2 Å². The first-order chi connectivity index (χ1) is 8.08. The molecular formula is C12H13NO3S. The predicted octanol–water partition coefficient (Wildman–Crippen LogP) is 2.98. The van der Waals surface area contributed by atoms with Crippen LogP contribution < -0.4 is 0 Å². The zero-order chi connectivity index (χ0) is 12.4. The summed E-state index contributed by atoms with van der Waals surface area (Å²) in [6.07, 6.45) is 1.93. The molecule has 0 N–H and O–H groups in total. The van der Waals surface area contributed by atoms with E-state index in [9.17, 15) is 14.9 Å².